The van der Waals surface area contributed by atoms with E-state index in [1.165, 1.54) is 29.5 Å². The van der Waals surface area contributed by atoms with Crippen molar-refractivity contribution in [2.75, 3.05) is 20.8 Å². The first-order valence-electron chi connectivity index (χ1n) is 8.24. The third-order valence-electron chi connectivity index (χ3n) is 4.48. The first-order valence-corrected chi connectivity index (χ1v) is 8.24. The molecule has 3 heteroatoms. The minimum Gasteiger partial charge on any atom is -0.496 e. The summed E-state index contributed by atoms with van der Waals surface area (Å²) >= 11 is 0. The summed E-state index contributed by atoms with van der Waals surface area (Å²) in [6, 6.07) is 15.2. The van der Waals surface area contributed by atoms with E-state index in [1.807, 2.05) is 0 Å². The van der Waals surface area contributed by atoms with E-state index in [-0.39, 0.29) is 0 Å². The highest BCUT2D eigenvalue weighted by Crippen LogP contribution is 2.24. The lowest BCUT2D eigenvalue weighted by molar-refractivity contribution is 0.181. The highest BCUT2D eigenvalue weighted by atomic mass is 16.5. The Bertz CT molecular complexity index is 654. The number of hydrogen-bond acceptors (Lipinski definition) is 3. The van der Waals surface area contributed by atoms with Crippen molar-refractivity contribution in [3.8, 4) is 5.75 Å². The van der Waals surface area contributed by atoms with Gasteiger partial charge in [0.1, 0.15) is 5.75 Å². The second-order valence-corrected chi connectivity index (χ2v) is 6.16. The van der Waals surface area contributed by atoms with Gasteiger partial charge in [-0.3, -0.25) is 4.90 Å². The Hall–Kier alpha value is -1.84. The van der Waals surface area contributed by atoms with E-state index < -0.39 is 0 Å². The van der Waals surface area contributed by atoms with Crippen molar-refractivity contribution >= 4 is 0 Å². The number of methoxy groups -OCH3 is 2. The van der Waals surface area contributed by atoms with Crippen molar-refractivity contribution in [1.82, 2.24) is 4.90 Å². The molecule has 0 amide bonds. The summed E-state index contributed by atoms with van der Waals surface area (Å²) in [7, 11) is 3.43. The Morgan fingerprint density at radius 1 is 1.04 bits per heavy atom. The van der Waals surface area contributed by atoms with Gasteiger partial charge in [0.15, 0.2) is 0 Å². The Balaban J connectivity index is 1.75. The van der Waals surface area contributed by atoms with E-state index in [9.17, 15) is 0 Å². The van der Waals surface area contributed by atoms with Gasteiger partial charge in [-0.1, -0.05) is 30.3 Å². The molecule has 0 unspecified atom stereocenters. The van der Waals surface area contributed by atoms with Gasteiger partial charge in [0.2, 0.25) is 0 Å². The fourth-order valence-electron chi connectivity index (χ4n) is 3.36. The zero-order valence-electron chi connectivity index (χ0n) is 14.0. The zero-order valence-corrected chi connectivity index (χ0v) is 14.0. The van der Waals surface area contributed by atoms with Crippen LogP contribution in [0.3, 0.4) is 0 Å². The first kappa shape index (κ1) is 16.0. The number of hydrogen-bond donors (Lipinski definition) is 0. The van der Waals surface area contributed by atoms with E-state index in [0.29, 0.717) is 6.61 Å². The van der Waals surface area contributed by atoms with Crippen LogP contribution in [-0.2, 0) is 30.9 Å². The highest BCUT2D eigenvalue weighted by molar-refractivity contribution is 5.37. The molecule has 2 aromatic carbocycles. The van der Waals surface area contributed by atoms with Crippen molar-refractivity contribution < 1.29 is 9.47 Å². The minimum absolute atomic E-state index is 0.583. The summed E-state index contributed by atoms with van der Waals surface area (Å²) in [4.78, 5) is 2.53. The van der Waals surface area contributed by atoms with Crippen molar-refractivity contribution in [3.05, 3.63) is 64.7 Å². The predicted octanol–water partition coefficient (Wildman–Crippen LogP) is 3.79. The van der Waals surface area contributed by atoms with Gasteiger partial charge < -0.3 is 9.47 Å². The monoisotopic (exact) mass is 311 g/mol. The van der Waals surface area contributed by atoms with Crippen LogP contribution >= 0.6 is 0 Å². The number of rotatable bonds is 5. The lowest BCUT2D eigenvalue weighted by Gasteiger charge is -2.21. The molecule has 2 aromatic rings. The molecular formula is C20H25NO2. The summed E-state index contributed by atoms with van der Waals surface area (Å²) in [6.07, 6.45) is 2.41. The molecule has 0 N–H and O–H groups in total. The molecular weight excluding hydrogens is 286 g/mol. The summed E-state index contributed by atoms with van der Waals surface area (Å²) in [5.74, 6) is 0.900. The molecule has 122 valence electrons. The normalized spacial score (nSPS) is 15.0. The Morgan fingerprint density at radius 3 is 2.65 bits per heavy atom. The summed E-state index contributed by atoms with van der Waals surface area (Å²) in [5.41, 5.74) is 5.40. The van der Waals surface area contributed by atoms with Crippen LogP contribution in [0.25, 0.3) is 0 Å². The van der Waals surface area contributed by atoms with Crippen LogP contribution in [0.4, 0.5) is 0 Å². The van der Waals surface area contributed by atoms with Crippen molar-refractivity contribution in [2.24, 2.45) is 0 Å². The molecule has 0 aromatic heterocycles. The molecule has 23 heavy (non-hydrogen) atoms. The van der Waals surface area contributed by atoms with Crippen LogP contribution in [-0.4, -0.2) is 25.7 Å². The molecule has 0 atom stereocenters. The highest BCUT2D eigenvalue weighted by Gasteiger charge is 2.15. The first-order chi connectivity index (χ1) is 11.3. The van der Waals surface area contributed by atoms with E-state index in [2.05, 4.69) is 47.4 Å². The van der Waals surface area contributed by atoms with Gasteiger partial charge in [-0.15, -0.1) is 0 Å². The number of fused-ring (bicyclic) bond motifs is 1. The van der Waals surface area contributed by atoms with Gasteiger partial charge in [-0.2, -0.15) is 0 Å². The molecule has 0 spiro atoms. The molecule has 1 aliphatic rings. The molecule has 1 heterocycles. The SMILES string of the molecule is COCc1cc(CN2CCCc3ccccc3C2)ccc1OC. The lowest BCUT2D eigenvalue weighted by atomic mass is 10.0. The number of aryl methyl sites for hydroxylation is 1. The second kappa shape index (κ2) is 7.62. The van der Waals surface area contributed by atoms with Crippen molar-refractivity contribution in [3.63, 3.8) is 0 Å². The molecule has 0 aliphatic carbocycles. The zero-order chi connectivity index (χ0) is 16.1. The van der Waals surface area contributed by atoms with Crippen LogP contribution in [0, 0.1) is 0 Å². The van der Waals surface area contributed by atoms with Crippen LogP contribution < -0.4 is 4.74 Å². The standard InChI is InChI=1S/C20H25NO2/c1-22-15-19-12-16(9-10-20(19)23-2)13-21-11-5-8-17-6-3-4-7-18(17)14-21/h3-4,6-7,9-10,12H,5,8,11,13-15H2,1-2H3. The maximum absolute atomic E-state index is 5.42. The summed E-state index contributed by atoms with van der Waals surface area (Å²) in [6.45, 7) is 3.72. The average Bonchev–Trinajstić information content (AvgIpc) is 2.77. The predicted molar refractivity (Wildman–Crippen MR) is 92.6 cm³/mol. The van der Waals surface area contributed by atoms with Crippen LogP contribution in [0.15, 0.2) is 42.5 Å². The molecule has 0 fully saturated rings. The van der Waals surface area contributed by atoms with E-state index in [1.54, 1.807) is 14.2 Å². The topological polar surface area (TPSA) is 21.7 Å². The quantitative estimate of drug-likeness (QED) is 0.838. The van der Waals surface area contributed by atoms with Crippen molar-refractivity contribution in [1.29, 1.82) is 0 Å². The van der Waals surface area contributed by atoms with Gasteiger partial charge in [0.05, 0.1) is 13.7 Å². The maximum atomic E-state index is 5.42. The molecule has 3 nitrogen and oxygen atoms in total. The fourth-order valence-corrected chi connectivity index (χ4v) is 3.36. The van der Waals surface area contributed by atoms with Crippen molar-refractivity contribution in [2.45, 2.75) is 32.5 Å². The molecule has 3 rings (SSSR count). The van der Waals surface area contributed by atoms with Gasteiger partial charge in [0, 0.05) is 25.8 Å². The molecule has 0 saturated carbocycles. The largest absolute Gasteiger partial charge is 0.496 e. The number of ether oxygens (including phenoxy) is 2. The molecule has 0 radical (unpaired) electrons. The molecule has 1 aliphatic heterocycles. The van der Waals surface area contributed by atoms with Gasteiger partial charge in [-0.25, -0.2) is 0 Å². The fraction of sp³-hybridized carbons (Fsp3) is 0.400. The number of nitrogens with zero attached hydrogens (tertiary/aromatic N) is 1. The Labute approximate surface area is 138 Å². The Morgan fingerprint density at radius 2 is 1.87 bits per heavy atom. The number of benzene rings is 2. The molecule has 0 saturated heterocycles. The van der Waals surface area contributed by atoms with Crippen LogP contribution in [0.5, 0.6) is 5.75 Å². The molecule has 0 bridgehead atoms. The third-order valence-corrected chi connectivity index (χ3v) is 4.48. The Kier molecular flexibility index (Phi) is 5.31. The van der Waals surface area contributed by atoms with Gasteiger partial charge in [0.25, 0.3) is 0 Å². The average molecular weight is 311 g/mol. The lowest BCUT2D eigenvalue weighted by Crippen LogP contribution is -2.22. The van der Waals surface area contributed by atoms with E-state index >= 15 is 0 Å². The van der Waals surface area contributed by atoms with Crippen LogP contribution in [0.2, 0.25) is 0 Å². The third kappa shape index (κ3) is 3.92. The van der Waals surface area contributed by atoms with Gasteiger partial charge >= 0.3 is 0 Å². The van der Waals surface area contributed by atoms with Gasteiger partial charge in [-0.05, 0) is 48.2 Å². The summed E-state index contributed by atoms with van der Waals surface area (Å²) in [5, 5.41) is 0. The smallest absolute Gasteiger partial charge is 0.124 e. The second-order valence-electron chi connectivity index (χ2n) is 6.16. The van der Waals surface area contributed by atoms with Crippen LogP contribution in [0.1, 0.15) is 28.7 Å². The van der Waals surface area contributed by atoms with E-state index in [0.717, 1.165) is 30.9 Å². The minimum atomic E-state index is 0.583. The maximum Gasteiger partial charge on any atom is 0.124 e. The van der Waals surface area contributed by atoms with E-state index in [4.69, 9.17) is 9.47 Å². The summed E-state index contributed by atoms with van der Waals surface area (Å²) < 4.78 is 10.7.